The monoisotopic (exact) mass is 251 g/mol. The first-order valence-electron chi connectivity index (χ1n) is 6.10. The van der Waals surface area contributed by atoms with Crippen LogP contribution in [0.5, 0.6) is 5.88 Å². The Kier molecular flexibility index (Phi) is 3.76. The number of pyridine rings is 1. The lowest BCUT2D eigenvalue weighted by atomic mass is 10.1. The van der Waals surface area contributed by atoms with E-state index in [9.17, 15) is 10.1 Å². The molecule has 0 amide bonds. The van der Waals surface area contributed by atoms with E-state index in [2.05, 4.69) is 4.98 Å². The molecule has 18 heavy (non-hydrogen) atoms. The third kappa shape index (κ3) is 2.43. The summed E-state index contributed by atoms with van der Waals surface area (Å²) in [6.45, 7) is 2.23. The molecule has 0 bridgehead atoms. The Morgan fingerprint density at radius 1 is 1.61 bits per heavy atom. The van der Waals surface area contributed by atoms with Crippen LogP contribution in [0.3, 0.4) is 0 Å². The van der Waals surface area contributed by atoms with Crippen LogP contribution >= 0.6 is 0 Å². The van der Waals surface area contributed by atoms with Crippen molar-refractivity contribution in [2.45, 2.75) is 32.3 Å². The van der Waals surface area contributed by atoms with Crippen molar-refractivity contribution in [3.63, 3.8) is 0 Å². The van der Waals surface area contributed by atoms with Crippen molar-refractivity contribution in [1.82, 2.24) is 4.98 Å². The fourth-order valence-corrected chi connectivity index (χ4v) is 2.40. The highest BCUT2D eigenvalue weighted by Gasteiger charge is 2.31. The lowest BCUT2D eigenvalue weighted by molar-refractivity contribution is -0.387. The lowest BCUT2D eigenvalue weighted by Crippen LogP contribution is -2.28. The first-order valence-corrected chi connectivity index (χ1v) is 6.10. The number of hydrogen-bond acceptors (Lipinski definition) is 5. The van der Waals surface area contributed by atoms with Gasteiger partial charge in [-0.3, -0.25) is 10.1 Å². The second-order valence-electron chi connectivity index (χ2n) is 4.62. The molecule has 6 heteroatoms. The second-order valence-corrected chi connectivity index (χ2v) is 4.62. The van der Waals surface area contributed by atoms with E-state index >= 15 is 0 Å². The van der Waals surface area contributed by atoms with Gasteiger partial charge in [0.25, 0.3) is 5.88 Å². The van der Waals surface area contributed by atoms with Crippen LogP contribution in [0.1, 0.15) is 24.8 Å². The largest absolute Gasteiger partial charge is 0.469 e. The van der Waals surface area contributed by atoms with Crippen molar-refractivity contribution in [1.29, 1.82) is 0 Å². The Bertz CT molecular complexity index is 450. The summed E-state index contributed by atoms with van der Waals surface area (Å²) in [5.74, 6) is 0.386. The number of aromatic nitrogens is 1. The van der Waals surface area contributed by atoms with Gasteiger partial charge in [-0.1, -0.05) is 0 Å². The molecule has 1 aliphatic rings. The highest BCUT2D eigenvalue weighted by atomic mass is 16.6. The SMILES string of the molecule is Cc1ccnc(OC2CCCC2CN)c1[N+](=O)[O-]. The van der Waals surface area contributed by atoms with E-state index in [0.717, 1.165) is 19.3 Å². The van der Waals surface area contributed by atoms with Crippen LogP contribution in [0.15, 0.2) is 12.3 Å². The van der Waals surface area contributed by atoms with Gasteiger partial charge in [0.1, 0.15) is 6.10 Å². The molecule has 2 unspecified atom stereocenters. The van der Waals surface area contributed by atoms with Crippen LogP contribution in [-0.2, 0) is 0 Å². The number of rotatable bonds is 4. The third-order valence-electron chi connectivity index (χ3n) is 3.43. The minimum atomic E-state index is -0.440. The number of ether oxygens (including phenoxy) is 1. The topological polar surface area (TPSA) is 91.3 Å². The van der Waals surface area contributed by atoms with Crippen LogP contribution in [0, 0.1) is 23.0 Å². The Morgan fingerprint density at radius 2 is 2.39 bits per heavy atom. The molecule has 2 atom stereocenters. The summed E-state index contributed by atoms with van der Waals surface area (Å²) in [5, 5.41) is 11.0. The van der Waals surface area contributed by atoms with Gasteiger partial charge < -0.3 is 10.5 Å². The lowest BCUT2D eigenvalue weighted by Gasteiger charge is -2.19. The molecule has 0 radical (unpaired) electrons. The zero-order valence-corrected chi connectivity index (χ0v) is 10.3. The highest BCUT2D eigenvalue weighted by molar-refractivity contribution is 5.47. The van der Waals surface area contributed by atoms with Gasteiger partial charge in [-0.15, -0.1) is 0 Å². The molecule has 0 spiro atoms. The summed E-state index contributed by atoms with van der Waals surface area (Å²) in [5.41, 5.74) is 6.19. The molecule has 98 valence electrons. The van der Waals surface area contributed by atoms with Crippen molar-refractivity contribution >= 4 is 5.69 Å². The summed E-state index contributed by atoms with van der Waals surface area (Å²) in [7, 11) is 0. The normalized spacial score (nSPS) is 23.0. The van der Waals surface area contributed by atoms with Crippen LogP contribution in [-0.4, -0.2) is 22.6 Å². The highest BCUT2D eigenvalue weighted by Crippen LogP contribution is 2.33. The molecule has 2 N–H and O–H groups in total. The Labute approximate surface area is 105 Å². The zero-order valence-electron chi connectivity index (χ0n) is 10.3. The molecule has 0 aromatic carbocycles. The molecule has 6 nitrogen and oxygen atoms in total. The minimum Gasteiger partial charge on any atom is -0.469 e. The van der Waals surface area contributed by atoms with E-state index in [-0.39, 0.29) is 23.6 Å². The predicted octanol–water partition coefficient (Wildman–Crippen LogP) is 1.80. The fraction of sp³-hybridized carbons (Fsp3) is 0.583. The summed E-state index contributed by atoms with van der Waals surface area (Å²) in [4.78, 5) is 14.6. The Morgan fingerprint density at radius 3 is 3.06 bits per heavy atom. The Hall–Kier alpha value is -1.69. The van der Waals surface area contributed by atoms with Gasteiger partial charge in [0.05, 0.1) is 4.92 Å². The zero-order chi connectivity index (χ0) is 13.1. The van der Waals surface area contributed by atoms with Crippen LogP contribution in [0.25, 0.3) is 0 Å². The second kappa shape index (κ2) is 5.30. The van der Waals surface area contributed by atoms with Crippen molar-refractivity contribution < 1.29 is 9.66 Å². The van der Waals surface area contributed by atoms with E-state index in [4.69, 9.17) is 10.5 Å². The quantitative estimate of drug-likeness (QED) is 0.650. The van der Waals surface area contributed by atoms with E-state index in [1.165, 1.54) is 6.20 Å². The average Bonchev–Trinajstić information content (AvgIpc) is 2.76. The maximum atomic E-state index is 11.0. The van der Waals surface area contributed by atoms with Gasteiger partial charge in [0.15, 0.2) is 0 Å². The van der Waals surface area contributed by atoms with Gasteiger partial charge in [-0.05, 0) is 38.8 Å². The van der Waals surface area contributed by atoms with Crippen LogP contribution in [0.4, 0.5) is 5.69 Å². The number of nitro groups is 1. The molecule has 0 aliphatic heterocycles. The third-order valence-corrected chi connectivity index (χ3v) is 3.43. The van der Waals surface area contributed by atoms with Crippen LogP contribution < -0.4 is 10.5 Å². The van der Waals surface area contributed by atoms with Crippen LogP contribution in [0.2, 0.25) is 0 Å². The summed E-state index contributed by atoms with van der Waals surface area (Å²) in [6.07, 6.45) is 4.43. The molecule has 1 heterocycles. The van der Waals surface area contributed by atoms with Gasteiger partial charge in [0.2, 0.25) is 0 Å². The van der Waals surface area contributed by atoms with Gasteiger partial charge in [0, 0.05) is 17.7 Å². The molecule has 2 rings (SSSR count). The van der Waals surface area contributed by atoms with Crippen molar-refractivity contribution in [3.8, 4) is 5.88 Å². The number of nitrogens with zero attached hydrogens (tertiary/aromatic N) is 2. The van der Waals surface area contributed by atoms with Crippen molar-refractivity contribution in [2.24, 2.45) is 11.7 Å². The minimum absolute atomic E-state index is 0.0415. The molecule has 1 aromatic rings. The number of aryl methyl sites for hydroxylation is 1. The summed E-state index contributed by atoms with van der Waals surface area (Å²) < 4.78 is 5.72. The summed E-state index contributed by atoms with van der Waals surface area (Å²) in [6, 6.07) is 1.61. The Balaban J connectivity index is 2.23. The molecule has 1 aromatic heterocycles. The van der Waals surface area contributed by atoms with Crippen molar-refractivity contribution in [3.05, 3.63) is 27.9 Å². The molecular weight excluding hydrogens is 234 g/mol. The smallest absolute Gasteiger partial charge is 0.333 e. The number of hydrogen-bond donors (Lipinski definition) is 1. The maximum absolute atomic E-state index is 11.0. The first-order chi connectivity index (χ1) is 8.63. The fourth-order valence-electron chi connectivity index (χ4n) is 2.40. The number of nitrogens with two attached hydrogens (primary N) is 1. The molecule has 1 fully saturated rings. The predicted molar refractivity (Wildman–Crippen MR) is 66.4 cm³/mol. The van der Waals surface area contributed by atoms with Gasteiger partial charge >= 0.3 is 5.69 Å². The maximum Gasteiger partial charge on any atom is 0.333 e. The summed E-state index contributed by atoms with van der Waals surface area (Å²) >= 11 is 0. The average molecular weight is 251 g/mol. The molecule has 1 aliphatic carbocycles. The molecule has 1 saturated carbocycles. The van der Waals surface area contributed by atoms with Gasteiger partial charge in [-0.25, -0.2) is 4.98 Å². The van der Waals surface area contributed by atoms with Crippen molar-refractivity contribution in [2.75, 3.05) is 6.54 Å². The first kappa shape index (κ1) is 12.8. The van der Waals surface area contributed by atoms with E-state index in [1.807, 2.05) is 0 Å². The molecular formula is C12H17N3O3. The standard InChI is InChI=1S/C12H17N3O3/c1-8-5-6-14-12(11(8)15(16)17)18-10-4-2-3-9(10)7-13/h5-6,9-10H,2-4,7,13H2,1H3. The van der Waals surface area contributed by atoms with E-state index in [1.54, 1.807) is 13.0 Å². The molecule has 0 saturated heterocycles. The van der Waals surface area contributed by atoms with Gasteiger partial charge in [-0.2, -0.15) is 0 Å². The van der Waals surface area contributed by atoms with E-state index < -0.39 is 4.92 Å². The van der Waals surface area contributed by atoms with E-state index in [0.29, 0.717) is 12.1 Å².